The molecular formula is C8H7ClF2O2. The molecule has 72 valence electrons. The highest BCUT2D eigenvalue weighted by Gasteiger charge is 2.32. The molecule has 0 spiro atoms. The summed E-state index contributed by atoms with van der Waals surface area (Å²) < 4.78 is 27.9. The first-order valence-corrected chi connectivity index (χ1v) is 3.93. The summed E-state index contributed by atoms with van der Waals surface area (Å²) in [6.45, 7) is -2.97. The zero-order valence-corrected chi connectivity index (χ0v) is 7.30. The van der Waals surface area contributed by atoms with Crippen LogP contribution in [0, 0.1) is 0 Å². The molecule has 0 aromatic carbocycles. The van der Waals surface area contributed by atoms with E-state index in [9.17, 15) is 13.6 Å². The number of ether oxygens (including phenoxy) is 1. The van der Waals surface area contributed by atoms with Crippen LogP contribution in [-0.2, 0) is 9.53 Å². The average Bonchev–Trinajstić information content (AvgIpc) is 2.09. The van der Waals surface area contributed by atoms with Crippen LogP contribution in [0.25, 0.3) is 0 Å². The van der Waals surface area contributed by atoms with E-state index in [0.29, 0.717) is 11.3 Å². The summed E-state index contributed by atoms with van der Waals surface area (Å²) in [5.41, 5.74) is -1.55. The van der Waals surface area contributed by atoms with Crippen molar-refractivity contribution in [2.45, 2.75) is 18.6 Å². The summed E-state index contributed by atoms with van der Waals surface area (Å²) in [5.74, 6) is 0. The van der Waals surface area contributed by atoms with Gasteiger partial charge < -0.3 is 4.74 Å². The molecular weight excluding hydrogens is 202 g/mol. The lowest BCUT2D eigenvalue weighted by Crippen LogP contribution is -2.34. The summed E-state index contributed by atoms with van der Waals surface area (Å²) in [5, 5.41) is 0.412. The van der Waals surface area contributed by atoms with E-state index in [1.54, 1.807) is 0 Å². The molecule has 0 radical (unpaired) electrons. The van der Waals surface area contributed by atoms with E-state index >= 15 is 0 Å². The van der Waals surface area contributed by atoms with Crippen molar-refractivity contribution in [3.8, 4) is 0 Å². The van der Waals surface area contributed by atoms with Crippen LogP contribution in [0.1, 0.15) is 6.42 Å². The Morgan fingerprint density at radius 1 is 1.69 bits per heavy atom. The highest BCUT2D eigenvalue weighted by molar-refractivity contribution is 6.31. The molecule has 13 heavy (non-hydrogen) atoms. The number of allylic oxidation sites excluding steroid dienone is 2. The van der Waals surface area contributed by atoms with E-state index in [2.05, 4.69) is 4.74 Å². The maximum atomic E-state index is 11.9. The van der Waals surface area contributed by atoms with Crippen LogP contribution in [0.5, 0.6) is 0 Å². The zero-order chi connectivity index (χ0) is 9.90. The monoisotopic (exact) mass is 208 g/mol. The standard InChI is InChI=1S/C8H7ClF2O2/c9-6-1-3-8(5-12,4-2-6)13-7(10)11/h1-3,5,7H,4H2. The topological polar surface area (TPSA) is 26.3 Å². The van der Waals surface area contributed by atoms with Crippen molar-refractivity contribution in [1.82, 2.24) is 0 Å². The number of hydrogen-bond donors (Lipinski definition) is 0. The Hall–Kier alpha value is -0.740. The first-order valence-electron chi connectivity index (χ1n) is 3.55. The van der Waals surface area contributed by atoms with Crippen molar-refractivity contribution in [2.24, 2.45) is 0 Å². The predicted octanol–water partition coefficient (Wildman–Crippen LogP) is 2.25. The van der Waals surface area contributed by atoms with Crippen molar-refractivity contribution in [1.29, 1.82) is 0 Å². The van der Waals surface area contributed by atoms with E-state index in [0.717, 1.165) is 0 Å². The number of aldehydes is 1. The Morgan fingerprint density at radius 3 is 2.77 bits per heavy atom. The Morgan fingerprint density at radius 2 is 2.38 bits per heavy atom. The third kappa shape index (κ3) is 2.60. The fraction of sp³-hybridized carbons (Fsp3) is 0.375. The van der Waals surface area contributed by atoms with Gasteiger partial charge in [-0.1, -0.05) is 17.7 Å². The maximum absolute atomic E-state index is 11.9. The Kier molecular flexibility index (Phi) is 3.17. The Labute approximate surface area is 78.8 Å². The SMILES string of the molecule is O=CC1(OC(F)F)C=CC(Cl)=CC1. The first kappa shape index (κ1) is 10.3. The number of halogens is 3. The zero-order valence-electron chi connectivity index (χ0n) is 6.54. The molecule has 0 saturated heterocycles. The molecule has 1 aliphatic carbocycles. The van der Waals surface area contributed by atoms with Crippen LogP contribution in [0.2, 0.25) is 0 Å². The lowest BCUT2D eigenvalue weighted by Gasteiger charge is -2.24. The minimum Gasteiger partial charge on any atom is -0.304 e. The molecule has 2 nitrogen and oxygen atoms in total. The Balaban J connectivity index is 2.74. The van der Waals surface area contributed by atoms with Crippen LogP contribution < -0.4 is 0 Å². The third-order valence-electron chi connectivity index (χ3n) is 1.65. The van der Waals surface area contributed by atoms with Gasteiger partial charge in [-0.15, -0.1) is 0 Å². The van der Waals surface area contributed by atoms with Crippen molar-refractivity contribution in [3.05, 3.63) is 23.3 Å². The van der Waals surface area contributed by atoms with E-state index in [-0.39, 0.29) is 6.42 Å². The van der Waals surface area contributed by atoms with Gasteiger partial charge in [0.2, 0.25) is 0 Å². The quantitative estimate of drug-likeness (QED) is 0.665. The predicted molar refractivity (Wildman–Crippen MR) is 43.6 cm³/mol. The molecule has 1 unspecified atom stereocenters. The third-order valence-corrected chi connectivity index (χ3v) is 1.93. The van der Waals surface area contributed by atoms with E-state index in [1.807, 2.05) is 0 Å². The summed E-state index contributed by atoms with van der Waals surface area (Å²) >= 11 is 5.55. The molecule has 1 aliphatic rings. The molecule has 0 fully saturated rings. The molecule has 0 aromatic heterocycles. The number of carbonyl (C=O) groups excluding carboxylic acids is 1. The molecule has 0 bridgehead atoms. The van der Waals surface area contributed by atoms with Crippen LogP contribution in [-0.4, -0.2) is 18.5 Å². The molecule has 0 saturated carbocycles. The van der Waals surface area contributed by atoms with Gasteiger partial charge in [0.25, 0.3) is 0 Å². The van der Waals surface area contributed by atoms with Gasteiger partial charge in [0, 0.05) is 11.5 Å². The smallest absolute Gasteiger partial charge is 0.304 e. The van der Waals surface area contributed by atoms with Crippen molar-refractivity contribution < 1.29 is 18.3 Å². The average molecular weight is 209 g/mol. The molecule has 1 rings (SSSR count). The minimum absolute atomic E-state index is 0.0379. The number of alkyl halides is 2. The molecule has 1 atom stereocenters. The lowest BCUT2D eigenvalue weighted by atomic mass is 9.97. The van der Waals surface area contributed by atoms with Crippen LogP contribution in [0.3, 0.4) is 0 Å². The number of hydrogen-bond acceptors (Lipinski definition) is 2. The van der Waals surface area contributed by atoms with Gasteiger partial charge in [0.05, 0.1) is 0 Å². The molecule has 0 N–H and O–H groups in total. The maximum Gasteiger partial charge on any atom is 0.346 e. The normalized spacial score (nSPS) is 27.5. The highest BCUT2D eigenvalue weighted by Crippen LogP contribution is 2.26. The fourth-order valence-corrected chi connectivity index (χ4v) is 1.12. The van der Waals surface area contributed by atoms with Crippen LogP contribution in [0.15, 0.2) is 23.3 Å². The Bertz CT molecular complexity index is 263. The largest absolute Gasteiger partial charge is 0.346 e. The molecule has 0 amide bonds. The van der Waals surface area contributed by atoms with Gasteiger partial charge in [-0.25, -0.2) is 0 Å². The van der Waals surface area contributed by atoms with Crippen molar-refractivity contribution >= 4 is 17.9 Å². The van der Waals surface area contributed by atoms with Crippen molar-refractivity contribution in [2.75, 3.05) is 0 Å². The van der Waals surface area contributed by atoms with Crippen LogP contribution >= 0.6 is 11.6 Å². The fourth-order valence-electron chi connectivity index (χ4n) is 0.982. The first-order chi connectivity index (χ1) is 6.08. The second kappa shape index (κ2) is 3.98. The molecule has 0 aromatic rings. The van der Waals surface area contributed by atoms with Gasteiger partial charge in [0.1, 0.15) is 0 Å². The van der Waals surface area contributed by atoms with Gasteiger partial charge in [-0.05, 0) is 12.2 Å². The van der Waals surface area contributed by atoms with E-state index in [1.165, 1.54) is 18.2 Å². The second-order valence-electron chi connectivity index (χ2n) is 2.58. The van der Waals surface area contributed by atoms with Gasteiger partial charge in [-0.2, -0.15) is 8.78 Å². The van der Waals surface area contributed by atoms with Crippen molar-refractivity contribution in [3.63, 3.8) is 0 Å². The van der Waals surface area contributed by atoms with E-state index in [4.69, 9.17) is 11.6 Å². The summed E-state index contributed by atoms with van der Waals surface area (Å²) in [6, 6.07) is 0. The van der Waals surface area contributed by atoms with Gasteiger partial charge in [0.15, 0.2) is 11.9 Å². The summed E-state index contributed by atoms with van der Waals surface area (Å²) in [4.78, 5) is 10.5. The minimum atomic E-state index is -2.97. The van der Waals surface area contributed by atoms with Crippen LogP contribution in [0.4, 0.5) is 8.78 Å². The number of carbonyl (C=O) groups is 1. The van der Waals surface area contributed by atoms with E-state index < -0.39 is 12.2 Å². The van der Waals surface area contributed by atoms with Gasteiger partial charge in [-0.3, -0.25) is 4.79 Å². The lowest BCUT2D eigenvalue weighted by molar-refractivity contribution is -0.188. The molecule has 5 heteroatoms. The summed E-state index contributed by atoms with van der Waals surface area (Å²) in [7, 11) is 0. The molecule has 0 aliphatic heterocycles. The second-order valence-corrected chi connectivity index (χ2v) is 3.01. The van der Waals surface area contributed by atoms with Gasteiger partial charge >= 0.3 is 6.61 Å². The number of rotatable bonds is 3. The highest BCUT2D eigenvalue weighted by atomic mass is 35.5. The molecule has 0 heterocycles. The summed E-state index contributed by atoms with van der Waals surface area (Å²) in [6.07, 6.45) is 4.43.